The van der Waals surface area contributed by atoms with Crippen LogP contribution < -0.4 is 10.6 Å². The van der Waals surface area contributed by atoms with E-state index in [9.17, 15) is 14.4 Å². The molecule has 0 heterocycles. The SMILES string of the molecule is CCCC(=O)N(CCNC(=O)CCl)CCNC(=O)CCl. The highest BCUT2D eigenvalue weighted by molar-refractivity contribution is 6.27. The van der Waals surface area contributed by atoms with Crippen molar-refractivity contribution in [3.05, 3.63) is 0 Å². The minimum absolute atomic E-state index is 0.00672. The first-order valence-electron chi connectivity index (χ1n) is 6.48. The Bertz CT molecular complexity index is 305. The molecule has 6 nitrogen and oxygen atoms in total. The average molecular weight is 326 g/mol. The first kappa shape index (κ1) is 19.0. The summed E-state index contributed by atoms with van der Waals surface area (Å²) in [5.41, 5.74) is 0. The Labute approximate surface area is 129 Å². The summed E-state index contributed by atoms with van der Waals surface area (Å²) in [6.45, 7) is 3.37. The Hall–Kier alpha value is -1.01. The monoisotopic (exact) mass is 325 g/mol. The van der Waals surface area contributed by atoms with Gasteiger partial charge in [0.2, 0.25) is 17.7 Å². The molecule has 20 heavy (non-hydrogen) atoms. The van der Waals surface area contributed by atoms with Crippen LogP contribution in [0.3, 0.4) is 0 Å². The van der Waals surface area contributed by atoms with E-state index in [2.05, 4.69) is 10.6 Å². The number of alkyl halides is 2. The van der Waals surface area contributed by atoms with Crippen LogP contribution in [-0.4, -0.2) is 60.6 Å². The second kappa shape index (κ2) is 11.8. The van der Waals surface area contributed by atoms with E-state index in [1.165, 1.54) is 0 Å². The number of rotatable bonds is 10. The third kappa shape index (κ3) is 8.98. The summed E-state index contributed by atoms with van der Waals surface area (Å²) in [5.74, 6) is -0.758. The van der Waals surface area contributed by atoms with Crippen LogP contribution in [0.25, 0.3) is 0 Å². The first-order chi connectivity index (χ1) is 9.54. The lowest BCUT2D eigenvalue weighted by Crippen LogP contribution is -2.43. The van der Waals surface area contributed by atoms with Crippen molar-refractivity contribution in [3.8, 4) is 0 Å². The molecule has 3 amide bonds. The molecule has 0 rings (SSSR count). The average Bonchev–Trinajstić information content (AvgIpc) is 2.45. The minimum Gasteiger partial charge on any atom is -0.353 e. The standard InChI is InChI=1S/C12H21Cl2N3O3/c1-2-3-12(20)17(6-4-15-10(18)8-13)7-5-16-11(19)9-14/h2-9H2,1H3,(H,15,18)(H,16,19). The van der Waals surface area contributed by atoms with Gasteiger partial charge in [0.15, 0.2) is 0 Å². The molecule has 0 aromatic carbocycles. The Morgan fingerprint density at radius 2 is 1.40 bits per heavy atom. The second-order valence-electron chi connectivity index (χ2n) is 4.10. The summed E-state index contributed by atoms with van der Waals surface area (Å²) >= 11 is 10.7. The summed E-state index contributed by atoms with van der Waals surface area (Å²) in [6, 6.07) is 0. The highest BCUT2D eigenvalue weighted by atomic mass is 35.5. The van der Waals surface area contributed by atoms with Gasteiger partial charge in [-0.2, -0.15) is 0 Å². The van der Waals surface area contributed by atoms with Crippen molar-refractivity contribution < 1.29 is 14.4 Å². The number of hydrogen-bond donors (Lipinski definition) is 2. The van der Waals surface area contributed by atoms with Gasteiger partial charge in [0, 0.05) is 32.6 Å². The molecule has 0 aromatic heterocycles. The quantitative estimate of drug-likeness (QED) is 0.568. The second-order valence-corrected chi connectivity index (χ2v) is 4.63. The van der Waals surface area contributed by atoms with Gasteiger partial charge in [0.05, 0.1) is 0 Å². The molecule has 0 bridgehead atoms. The minimum atomic E-state index is -0.273. The highest BCUT2D eigenvalue weighted by Gasteiger charge is 2.12. The van der Waals surface area contributed by atoms with Gasteiger partial charge in [0.25, 0.3) is 0 Å². The zero-order valence-corrected chi connectivity index (χ0v) is 13.1. The van der Waals surface area contributed by atoms with Crippen molar-refractivity contribution in [1.82, 2.24) is 15.5 Å². The topological polar surface area (TPSA) is 78.5 Å². The molecular weight excluding hydrogens is 305 g/mol. The Balaban J connectivity index is 4.16. The molecule has 0 aliphatic carbocycles. The van der Waals surface area contributed by atoms with Crippen LogP contribution in [0, 0.1) is 0 Å². The summed E-state index contributed by atoms with van der Waals surface area (Å²) in [4.78, 5) is 35.5. The van der Waals surface area contributed by atoms with E-state index in [0.717, 1.165) is 6.42 Å². The summed E-state index contributed by atoms with van der Waals surface area (Å²) in [6.07, 6.45) is 1.18. The smallest absolute Gasteiger partial charge is 0.234 e. The summed E-state index contributed by atoms with van der Waals surface area (Å²) in [5, 5.41) is 5.19. The lowest BCUT2D eigenvalue weighted by atomic mass is 10.3. The molecule has 2 N–H and O–H groups in total. The molecule has 0 spiro atoms. The number of carbonyl (C=O) groups excluding carboxylic acids is 3. The van der Waals surface area contributed by atoms with Crippen LogP contribution in [-0.2, 0) is 14.4 Å². The molecule has 0 fully saturated rings. The molecule has 0 saturated carbocycles. The normalized spacial score (nSPS) is 9.95. The van der Waals surface area contributed by atoms with Crippen LogP contribution in [0.15, 0.2) is 0 Å². The third-order valence-corrected chi connectivity index (χ3v) is 2.95. The maximum Gasteiger partial charge on any atom is 0.234 e. The summed E-state index contributed by atoms with van der Waals surface area (Å²) in [7, 11) is 0. The first-order valence-corrected chi connectivity index (χ1v) is 7.55. The lowest BCUT2D eigenvalue weighted by molar-refractivity contribution is -0.132. The predicted molar refractivity (Wildman–Crippen MR) is 78.9 cm³/mol. The van der Waals surface area contributed by atoms with Crippen LogP contribution in [0.5, 0.6) is 0 Å². The van der Waals surface area contributed by atoms with Crippen molar-refractivity contribution in [3.63, 3.8) is 0 Å². The van der Waals surface area contributed by atoms with Gasteiger partial charge in [-0.25, -0.2) is 0 Å². The van der Waals surface area contributed by atoms with E-state index in [1.54, 1.807) is 4.90 Å². The van der Waals surface area contributed by atoms with Crippen LogP contribution in [0.4, 0.5) is 0 Å². The van der Waals surface area contributed by atoms with E-state index >= 15 is 0 Å². The van der Waals surface area contributed by atoms with Crippen molar-refractivity contribution >= 4 is 40.9 Å². The van der Waals surface area contributed by atoms with Gasteiger partial charge >= 0.3 is 0 Å². The number of nitrogens with one attached hydrogen (secondary N) is 2. The van der Waals surface area contributed by atoms with E-state index in [0.29, 0.717) is 32.6 Å². The van der Waals surface area contributed by atoms with Crippen molar-refractivity contribution in [2.24, 2.45) is 0 Å². The molecule has 0 atom stereocenters. The van der Waals surface area contributed by atoms with Crippen molar-refractivity contribution in [1.29, 1.82) is 0 Å². The number of carbonyl (C=O) groups is 3. The van der Waals surface area contributed by atoms with Gasteiger partial charge in [-0.3, -0.25) is 14.4 Å². The summed E-state index contributed by atoms with van der Waals surface area (Å²) < 4.78 is 0. The number of halogens is 2. The fourth-order valence-electron chi connectivity index (χ4n) is 1.49. The Morgan fingerprint density at radius 1 is 0.950 bits per heavy atom. The van der Waals surface area contributed by atoms with Crippen molar-refractivity contribution in [2.75, 3.05) is 37.9 Å². The molecule has 0 unspecified atom stereocenters. The van der Waals surface area contributed by atoms with Crippen LogP contribution in [0.2, 0.25) is 0 Å². The fraction of sp³-hybridized carbons (Fsp3) is 0.750. The third-order valence-electron chi connectivity index (χ3n) is 2.47. The lowest BCUT2D eigenvalue weighted by Gasteiger charge is -2.23. The number of nitrogens with zero attached hydrogens (tertiary/aromatic N) is 1. The van der Waals surface area contributed by atoms with E-state index in [-0.39, 0.29) is 29.5 Å². The maximum atomic E-state index is 11.9. The van der Waals surface area contributed by atoms with Gasteiger partial charge in [0.1, 0.15) is 11.8 Å². The molecular formula is C12H21Cl2N3O3. The molecule has 0 radical (unpaired) electrons. The number of amides is 3. The van der Waals surface area contributed by atoms with Gasteiger partial charge in [-0.05, 0) is 6.42 Å². The number of hydrogen-bond acceptors (Lipinski definition) is 3. The van der Waals surface area contributed by atoms with Crippen LogP contribution in [0.1, 0.15) is 19.8 Å². The van der Waals surface area contributed by atoms with Crippen molar-refractivity contribution in [2.45, 2.75) is 19.8 Å². The van der Waals surface area contributed by atoms with Gasteiger partial charge in [-0.15, -0.1) is 23.2 Å². The molecule has 0 saturated heterocycles. The Kier molecular flexibility index (Phi) is 11.2. The molecule has 0 aliphatic heterocycles. The Morgan fingerprint density at radius 3 is 1.75 bits per heavy atom. The largest absolute Gasteiger partial charge is 0.353 e. The van der Waals surface area contributed by atoms with Gasteiger partial charge in [-0.1, -0.05) is 6.92 Å². The zero-order chi connectivity index (χ0) is 15.4. The zero-order valence-electron chi connectivity index (χ0n) is 11.6. The van der Waals surface area contributed by atoms with E-state index < -0.39 is 0 Å². The molecule has 0 aromatic rings. The maximum absolute atomic E-state index is 11.9. The highest BCUT2D eigenvalue weighted by Crippen LogP contribution is 1.97. The van der Waals surface area contributed by atoms with Crippen LogP contribution >= 0.6 is 23.2 Å². The predicted octanol–water partition coefficient (Wildman–Crippen LogP) is 0.325. The molecule has 116 valence electrons. The fourth-order valence-corrected chi connectivity index (χ4v) is 1.68. The van der Waals surface area contributed by atoms with Gasteiger partial charge < -0.3 is 15.5 Å². The molecule has 8 heteroatoms. The van der Waals surface area contributed by atoms with E-state index in [4.69, 9.17) is 23.2 Å². The molecule has 0 aliphatic rings. The van der Waals surface area contributed by atoms with E-state index in [1.807, 2.05) is 6.92 Å².